The lowest BCUT2D eigenvalue weighted by atomic mass is 10.1. The van der Waals surface area contributed by atoms with Crippen molar-refractivity contribution in [1.29, 1.82) is 0 Å². The monoisotopic (exact) mass is 563 g/mol. The predicted octanol–water partition coefficient (Wildman–Crippen LogP) is 4.95. The van der Waals surface area contributed by atoms with E-state index in [1.807, 2.05) is 0 Å². The van der Waals surface area contributed by atoms with Gasteiger partial charge in [0, 0.05) is 28.2 Å². The molecule has 13 heteroatoms. The molecule has 0 saturated heterocycles. The van der Waals surface area contributed by atoms with E-state index in [4.69, 9.17) is 5.73 Å². The van der Waals surface area contributed by atoms with Crippen LogP contribution in [0.25, 0.3) is 0 Å². The average Bonchev–Trinajstić information content (AvgIpc) is 2.94. The molecule has 0 aliphatic heterocycles. The molecule has 41 heavy (non-hydrogen) atoms. The van der Waals surface area contributed by atoms with Crippen LogP contribution in [0.3, 0.4) is 0 Å². The van der Waals surface area contributed by atoms with E-state index >= 15 is 0 Å². The quantitative estimate of drug-likeness (QED) is 0.204. The molecule has 0 atom stereocenters. The molecule has 210 valence electrons. The number of nitrogens with two attached hydrogens (primary N) is 1. The molecule has 0 saturated carbocycles. The molecule has 0 aliphatic rings. The minimum atomic E-state index is -4.59. The number of alkyl halides is 3. The first-order valence-corrected chi connectivity index (χ1v) is 12.1. The number of anilines is 5. The number of nitrogens with one attached hydrogen (secondary N) is 4. The summed E-state index contributed by atoms with van der Waals surface area (Å²) < 4.78 is 39.0. The van der Waals surface area contributed by atoms with E-state index in [-0.39, 0.29) is 35.2 Å². The molecule has 10 nitrogen and oxygen atoms in total. The Hall–Kier alpha value is -5.30. The molecule has 3 aromatic carbocycles. The number of hydrogen-bond acceptors (Lipinski definition) is 7. The first-order valence-electron chi connectivity index (χ1n) is 12.1. The number of rotatable bonds is 8. The molecule has 6 N–H and O–H groups in total. The van der Waals surface area contributed by atoms with E-state index < -0.39 is 23.6 Å². The predicted molar refractivity (Wildman–Crippen MR) is 148 cm³/mol. The molecular formula is C28H24F3N7O3. The maximum Gasteiger partial charge on any atom is 0.416 e. The van der Waals surface area contributed by atoms with Crippen LogP contribution in [0.15, 0.2) is 79.1 Å². The Morgan fingerprint density at radius 3 is 2.15 bits per heavy atom. The number of amides is 3. The lowest BCUT2D eigenvalue weighted by Gasteiger charge is -2.12. The van der Waals surface area contributed by atoms with Gasteiger partial charge in [-0.15, -0.1) is 0 Å². The molecule has 0 unspecified atom stereocenters. The standard InChI is InChI=1S/C28H24F3N7O3/c1-16-8-9-21(36-25(40)17-4-2-5-18(10-17)28(29,30)31)12-23(16)26(41)37-22-14-33-27(34-15-22)38-20-7-3-6-19(11-20)35-24(39)13-32/h2-12,14-15H,13,32H2,1H3,(H,35,39)(H,36,40)(H,37,41)(H,33,34,38). The SMILES string of the molecule is Cc1ccc(NC(=O)c2cccc(C(F)(F)F)c2)cc1C(=O)Nc1cnc(Nc2cccc(NC(=O)CN)c2)nc1. The zero-order valence-electron chi connectivity index (χ0n) is 21.5. The highest BCUT2D eigenvalue weighted by atomic mass is 19.4. The van der Waals surface area contributed by atoms with Gasteiger partial charge < -0.3 is 27.0 Å². The van der Waals surface area contributed by atoms with Crippen LogP contribution < -0.4 is 27.0 Å². The zero-order valence-corrected chi connectivity index (χ0v) is 21.5. The van der Waals surface area contributed by atoms with Gasteiger partial charge in [-0.05, 0) is 61.0 Å². The number of nitrogens with zero attached hydrogens (tertiary/aromatic N) is 2. The van der Waals surface area contributed by atoms with E-state index in [1.54, 1.807) is 37.3 Å². The van der Waals surface area contributed by atoms with E-state index in [0.29, 0.717) is 22.6 Å². The zero-order chi connectivity index (χ0) is 29.6. The summed E-state index contributed by atoms with van der Waals surface area (Å²) >= 11 is 0. The second-order valence-electron chi connectivity index (χ2n) is 8.77. The fourth-order valence-corrected chi connectivity index (χ4v) is 3.66. The minimum Gasteiger partial charge on any atom is -0.325 e. The largest absolute Gasteiger partial charge is 0.416 e. The van der Waals surface area contributed by atoms with E-state index in [9.17, 15) is 27.6 Å². The second-order valence-corrected chi connectivity index (χ2v) is 8.77. The van der Waals surface area contributed by atoms with Crippen molar-refractivity contribution in [2.45, 2.75) is 13.1 Å². The summed E-state index contributed by atoms with van der Waals surface area (Å²) in [6, 6.07) is 15.5. The van der Waals surface area contributed by atoms with Crippen molar-refractivity contribution in [3.05, 3.63) is 101 Å². The highest BCUT2D eigenvalue weighted by Gasteiger charge is 2.31. The van der Waals surface area contributed by atoms with Crippen LogP contribution in [-0.2, 0) is 11.0 Å². The van der Waals surface area contributed by atoms with Crippen molar-refractivity contribution in [3.63, 3.8) is 0 Å². The van der Waals surface area contributed by atoms with E-state index in [0.717, 1.165) is 18.2 Å². The first kappa shape index (κ1) is 28.7. The first-order chi connectivity index (χ1) is 19.5. The topological polar surface area (TPSA) is 151 Å². The third kappa shape index (κ3) is 7.64. The third-order valence-corrected chi connectivity index (χ3v) is 5.69. The summed E-state index contributed by atoms with van der Waals surface area (Å²) in [5.41, 5.74) is 6.69. The smallest absolute Gasteiger partial charge is 0.325 e. The lowest BCUT2D eigenvalue weighted by molar-refractivity contribution is -0.137. The Kier molecular flexibility index (Phi) is 8.58. The molecule has 4 aromatic rings. The second kappa shape index (κ2) is 12.3. The van der Waals surface area contributed by atoms with Gasteiger partial charge in [0.05, 0.1) is 30.2 Å². The van der Waals surface area contributed by atoms with Crippen LogP contribution in [-0.4, -0.2) is 34.2 Å². The molecule has 1 aromatic heterocycles. The van der Waals surface area contributed by atoms with Gasteiger partial charge in [-0.25, -0.2) is 9.97 Å². The van der Waals surface area contributed by atoms with Gasteiger partial charge in [0.1, 0.15) is 0 Å². The molecule has 3 amide bonds. The summed E-state index contributed by atoms with van der Waals surface area (Å²) in [4.78, 5) is 45.4. The molecule has 0 fully saturated rings. The average molecular weight is 564 g/mol. The van der Waals surface area contributed by atoms with Gasteiger partial charge >= 0.3 is 6.18 Å². The fourth-order valence-electron chi connectivity index (χ4n) is 3.66. The van der Waals surface area contributed by atoms with Crippen LogP contribution in [0.2, 0.25) is 0 Å². The van der Waals surface area contributed by atoms with E-state index in [2.05, 4.69) is 31.2 Å². The number of halogens is 3. The van der Waals surface area contributed by atoms with Crippen molar-refractivity contribution in [2.24, 2.45) is 5.73 Å². The van der Waals surface area contributed by atoms with Crippen molar-refractivity contribution < 1.29 is 27.6 Å². The number of hydrogen-bond donors (Lipinski definition) is 5. The number of carbonyl (C=O) groups is 3. The summed E-state index contributed by atoms with van der Waals surface area (Å²) in [6.07, 6.45) is -1.80. The number of aryl methyl sites for hydroxylation is 1. The van der Waals surface area contributed by atoms with Crippen molar-refractivity contribution in [3.8, 4) is 0 Å². The number of carbonyl (C=O) groups excluding carboxylic acids is 3. The Balaban J connectivity index is 1.41. The molecule has 0 bridgehead atoms. The van der Waals surface area contributed by atoms with Gasteiger partial charge in [0.15, 0.2) is 0 Å². The molecular weight excluding hydrogens is 539 g/mol. The highest BCUT2D eigenvalue weighted by molar-refractivity contribution is 6.08. The summed E-state index contributed by atoms with van der Waals surface area (Å²) in [5.74, 6) is -1.36. The number of benzene rings is 3. The van der Waals surface area contributed by atoms with Crippen LogP contribution in [0.5, 0.6) is 0 Å². The molecule has 1 heterocycles. The lowest BCUT2D eigenvalue weighted by Crippen LogP contribution is -2.21. The molecule has 0 radical (unpaired) electrons. The van der Waals surface area contributed by atoms with Crippen LogP contribution in [0.1, 0.15) is 31.8 Å². The normalized spacial score (nSPS) is 11.0. The fraction of sp³-hybridized carbons (Fsp3) is 0.107. The van der Waals surface area contributed by atoms with Crippen LogP contribution in [0, 0.1) is 6.92 Å². The summed E-state index contributed by atoms with van der Waals surface area (Å²) in [7, 11) is 0. The molecule has 4 rings (SSSR count). The van der Waals surface area contributed by atoms with Gasteiger partial charge in [0.2, 0.25) is 11.9 Å². The maximum atomic E-state index is 13.0. The van der Waals surface area contributed by atoms with Crippen molar-refractivity contribution in [1.82, 2.24) is 9.97 Å². The Morgan fingerprint density at radius 2 is 1.44 bits per heavy atom. The van der Waals surface area contributed by atoms with Crippen LogP contribution >= 0.6 is 0 Å². The Morgan fingerprint density at radius 1 is 0.780 bits per heavy atom. The van der Waals surface area contributed by atoms with Gasteiger partial charge in [-0.1, -0.05) is 18.2 Å². The molecule has 0 spiro atoms. The van der Waals surface area contributed by atoms with Gasteiger partial charge in [-0.2, -0.15) is 13.2 Å². The number of aromatic nitrogens is 2. The van der Waals surface area contributed by atoms with Gasteiger partial charge in [0.25, 0.3) is 11.8 Å². The highest BCUT2D eigenvalue weighted by Crippen LogP contribution is 2.30. The summed E-state index contributed by atoms with van der Waals surface area (Å²) in [6.45, 7) is 1.55. The Labute approximate surface area is 232 Å². The van der Waals surface area contributed by atoms with Crippen molar-refractivity contribution in [2.75, 3.05) is 27.8 Å². The maximum absolute atomic E-state index is 13.0. The molecule has 0 aliphatic carbocycles. The summed E-state index contributed by atoms with van der Waals surface area (Å²) in [5, 5.41) is 10.8. The minimum absolute atomic E-state index is 0.147. The third-order valence-electron chi connectivity index (χ3n) is 5.69. The van der Waals surface area contributed by atoms with Crippen molar-refractivity contribution >= 4 is 46.4 Å². The Bertz CT molecular complexity index is 1590. The van der Waals surface area contributed by atoms with Crippen LogP contribution in [0.4, 0.5) is 41.9 Å². The van der Waals surface area contributed by atoms with Gasteiger partial charge in [-0.3, -0.25) is 14.4 Å². The van der Waals surface area contributed by atoms with E-state index in [1.165, 1.54) is 30.6 Å².